The van der Waals surface area contributed by atoms with Crippen molar-refractivity contribution >= 4 is 16.1 Å². The number of benzene rings is 2. The summed E-state index contributed by atoms with van der Waals surface area (Å²) >= 11 is 0. The Morgan fingerprint density at radius 3 is 2.54 bits per heavy atom. The van der Waals surface area contributed by atoms with Crippen LogP contribution < -0.4 is 10.6 Å². The van der Waals surface area contributed by atoms with Crippen LogP contribution in [0.25, 0.3) is 0 Å². The van der Waals surface area contributed by atoms with Crippen molar-refractivity contribution < 1.29 is 31.5 Å². The molecule has 3 heterocycles. The van der Waals surface area contributed by atoms with E-state index in [0.717, 1.165) is 12.1 Å². The average molecular weight is 534 g/mol. The van der Waals surface area contributed by atoms with Crippen LogP contribution in [0.3, 0.4) is 0 Å². The molecule has 0 radical (unpaired) electrons. The van der Waals surface area contributed by atoms with Crippen LogP contribution in [0.15, 0.2) is 55.1 Å². The monoisotopic (exact) mass is 533 g/mol. The molecule has 2 aromatic rings. The summed E-state index contributed by atoms with van der Waals surface area (Å²) < 4.78 is 69.4. The number of nitrogens with one attached hydrogen (secondary N) is 2. The van der Waals surface area contributed by atoms with Crippen molar-refractivity contribution in [1.82, 2.24) is 14.9 Å². The summed E-state index contributed by atoms with van der Waals surface area (Å²) in [5, 5.41) is 5.06. The van der Waals surface area contributed by atoms with Crippen molar-refractivity contribution in [2.45, 2.75) is 42.3 Å². The molecule has 3 fully saturated rings. The number of hydrogen-bond donors (Lipinski definition) is 2. The lowest BCUT2D eigenvalue weighted by Gasteiger charge is -2.43. The van der Waals surface area contributed by atoms with Gasteiger partial charge < -0.3 is 20.1 Å². The van der Waals surface area contributed by atoms with Gasteiger partial charge in [-0.1, -0.05) is 36.4 Å². The van der Waals surface area contributed by atoms with Gasteiger partial charge in [0.2, 0.25) is 10.0 Å². The average Bonchev–Trinajstić information content (AvgIpc) is 3.27. The van der Waals surface area contributed by atoms with E-state index in [0.29, 0.717) is 18.4 Å². The molecule has 0 aliphatic carbocycles. The summed E-state index contributed by atoms with van der Waals surface area (Å²) in [4.78, 5) is 11.3. The van der Waals surface area contributed by atoms with E-state index in [1.807, 2.05) is 6.07 Å². The molecule has 37 heavy (non-hydrogen) atoms. The van der Waals surface area contributed by atoms with Gasteiger partial charge in [-0.2, -0.15) is 4.31 Å². The van der Waals surface area contributed by atoms with Gasteiger partial charge in [-0.25, -0.2) is 22.0 Å². The standard InChI is InChI=1S/C26H29F2N3O5S/c1-2-20-8-9-24(17-6-4-3-5-7-17)37(33,34)31(20)13-18-10-23(28)21(11-22(18)27)26(15-35-16-26)29-12-19-14-36-25(32)30-19/h2-7,10-11,19-20,24,29H,1,8-9,12-16H2,(H,30,32)/t19?,20-,24+/m0/s1. The molecule has 0 bridgehead atoms. The summed E-state index contributed by atoms with van der Waals surface area (Å²) in [6.07, 6.45) is 1.95. The Labute approximate surface area is 214 Å². The smallest absolute Gasteiger partial charge is 0.407 e. The highest BCUT2D eigenvalue weighted by Crippen LogP contribution is 2.39. The molecule has 11 heteroatoms. The van der Waals surface area contributed by atoms with E-state index < -0.39 is 44.6 Å². The fourth-order valence-corrected chi connectivity index (χ4v) is 7.32. The lowest BCUT2D eigenvalue weighted by Crippen LogP contribution is -2.60. The summed E-state index contributed by atoms with van der Waals surface area (Å²) in [6, 6.07) is 10.3. The molecule has 0 spiro atoms. The predicted octanol–water partition coefficient (Wildman–Crippen LogP) is 3.11. The molecule has 0 aromatic heterocycles. The van der Waals surface area contributed by atoms with E-state index in [1.165, 1.54) is 10.4 Å². The van der Waals surface area contributed by atoms with Gasteiger partial charge in [0.05, 0.1) is 24.8 Å². The first-order chi connectivity index (χ1) is 17.7. The molecule has 2 aromatic carbocycles. The van der Waals surface area contributed by atoms with Crippen LogP contribution in [-0.4, -0.2) is 57.3 Å². The van der Waals surface area contributed by atoms with Crippen molar-refractivity contribution in [3.8, 4) is 0 Å². The minimum atomic E-state index is -3.87. The maximum Gasteiger partial charge on any atom is 0.407 e. The Hall–Kier alpha value is -2.86. The zero-order valence-electron chi connectivity index (χ0n) is 20.2. The molecule has 3 atom stereocenters. The van der Waals surface area contributed by atoms with Crippen LogP contribution in [0.1, 0.15) is 34.8 Å². The second kappa shape index (κ2) is 10.1. The van der Waals surface area contributed by atoms with Gasteiger partial charge in [0.15, 0.2) is 0 Å². The number of rotatable bonds is 8. The summed E-state index contributed by atoms with van der Waals surface area (Å²) in [6.45, 7) is 4.17. The Kier molecular flexibility index (Phi) is 7.06. The highest BCUT2D eigenvalue weighted by molar-refractivity contribution is 7.89. The fourth-order valence-electron chi connectivity index (χ4n) is 5.17. The predicted molar refractivity (Wildman–Crippen MR) is 132 cm³/mol. The molecule has 1 amide bonds. The van der Waals surface area contributed by atoms with Crippen molar-refractivity contribution in [2.24, 2.45) is 0 Å². The Morgan fingerprint density at radius 2 is 1.92 bits per heavy atom. The van der Waals surface area contributed by atoms with Gasteiger partial charge in [0.1, 0.15) is 23.5 Å². The second-order valence-electron chi connectivity index (χ2n) is 9.69. The molecular formula is C26H29F2N3O5S. The lowest BCUT2D eigenvalue weighted by atomic mass is 9.86. The number of ether oxygens (including phenoxy) is 2. The van der Waals surface area contributed by atoms with Crippen LogP contribution >= 0.6 is 0 Å². The topological polar surface area (TPSA) is 97.0 Å². The van der Waals surface area contributed by atoms with E-state index >= 15 is 8.78 Å². The van der Waals surface area contributed by atoms with E-state index in [-0.39, 0.29) is 50.1 Å². The maximum atomic E-state index is 15.4. The normalized spacial score (nSPS) is 26.6. The molecule has 3 saturated heterocycles. The first kappa shape index (κ1) is 25.8. The minimum Gasteiger partial charge on any atom is -0.447 e. The first-order valence-corrected chi connectivity index (χ1v) is 13.7. The largest absolute Gasteiger partial charge is 0.447 e. The number of sulfonamides is 1. The number of carbonyl (C=O) groups is 1. The van der Waals surface area contributed by atoms with Gasteiger partial charge in [0.25, 0.3) is 0 Å². The highest BCUT2D eigenvalue weighted by Gasteiger charge is 2.44. The third-order valence-electron chi connectivity index (χ3n) is 7.32. The van der Waals surface area contributed by atoms with Crippen molar-refractivity contribution in [3.63, 3.8) is 0 Å². The van der Waals surface area contributed by atoms with Crippen LogP contribution in [-0.2, 0) is 31.6 Å². The van der Waals surface area contributed by atoms with Gasteiger partial charge in [-0.15, -0.1) is 6.58 Å². The number of amides is 1. The summed E-state index contributed by atoms with van der Waals surface area (Å²) in [7, 11) is -3.87. The van der Waals surface area contributed by atoms with Gasteiger partial charge in [-0.3, -0.25) is 0 Å². The zero-order chi connectivity index (χ0) is 26.2. The third-order valence-corrected chi connectivity index (χ3v) is 9.60. The molecule has 3 aliphatic rings. The van der Waals surface area contributed by atoms with Crippen LogP contribution in [0.2, 0.25) is 0 Å². The molecule has 198 valence electrons. The first-order valence-electron chi connectivity index (χ1n) is 12.2. The second-order valence-corrected chi connectivity index (χ2v) is 11.8. The minimum absolute atomic E-state index is 0.0581. The Bertz CT molecular complexity index is 1290. The molecule has 8 nitrogen and oxygen atoms in total. The summed E-state index contributed by atoms with van der Waals surface area (Å²) in [5.74, 6) is -1.37. The molecule has 1 unspecified atom stereocenters. The van der Waals surface area contributed by atoms with Gasteiger partial charge in [-0.05, 0) is 30.5 Å². The van der Waals surface area contributed by atoms with Crippen LogP contribution in [0.5, 0.6) is 0 Å². The molecule has 2 N–H and O–H groups in total. The van der Waals surface area contributed by atoms with E-state index in [1.54, 1.807) is 24.3 Å². The number of alkyl carbamates (subject to hydrolysis) is 1. The number of hydrogen-bond acceptors (Lipinski definition) is 6. The fraction of sp³-hybridized carbons (Fsp3) is 0.423. The Balaban J connectivity index is 1.39. The summed E-state index contributed by atoms with van der Waals surface area (Å²) in [5.41, 5.74) is -0.263. The number of carbonyl (C=O) groups excluding carboxylic acids is 1. The number of halogens is 2. The van der Waals surface area contributed by atoms with Crippen molar-refractivity contribution in [1.29, 1.82) is 0 Å². The van der Waals surface area contributed by atoms with E-state index in [9.17, 15) is 13.2 Å². The van der Waals surface area contributed by atoms with Crippen molar-refractivity contribution in [2.75, 3.05) is 26.4 Å². The SMILES string of the molecule is C=C[C@H]1CC[C@H](c2ccccc2)S(=O)(=O)N1Cc1cc(F)c(C2(NCC3COC(=O)N3)COC2)cc1F. The van der Waals surface area contributed by atoms with E-state index in [4.69, 9.17) is 9.47 Å². The quantitative estimate of drug-likeness (QED) is 0.507. The number of nitrogens with zero attached hydrogens (tertiary/aromatic N) is 1. The van der Waals surface area contributed by atoms with E-state index in [2.05, 4.69) is 17.2 Å². The molecule has 5 rings (SSSR count). The van der Waals surface area contributed by atoms with Gasteiger partial charge in [0, 0.05) is 30.3 Å². The molecule has 3 aliphatic heterocycles. The van der Waals surface area contributed by atoms with Gasteiger partial charge >= 0.3 is 6.09 Å². The third kappa shape index (κ3) is 4.88. The highest BCUT2D eigenvalue weighted by atomic mass is 32.2. The van der Waals surface area contributed by atoms with Crippen LogP contribution in [0, 0.1) is 11.6 Å². The maximum absolute atomic E-state index is 15.4. The molecule has 0 saturated carbocycles. The van der Waals surface area contributed by atoms with Crippen LogP contribution in [0.4, 0.5) is 13.6 Å². The molecular weight excluding hydrogens is 504 g/mol. The lowest BCUT2D eigenvalue weighted by molar-refractivity contribution is -0.0808. The zero-order valence-corrected chi connectivity index (χ0v) is 21.0. The number of cyclic esters (lactones) is 1. The van der Waals surface area contributed by atoms with Crippen molar-refractivity contribution in [3.05, 3.63) is 83.4 Å². The Morgan fingerprint density at radius 1 is 1.16 bits per heavy atom.